The van der Waals surface area contributed by atoms with Crippen LogP contribution in [0.2, 0.25) is 0 Å². The molecule has 106 valence electrons. The Kier molecular flexibility index (Phi) is 4.94. The number of rotatable bonds is 5. The van der Waals surface area contributed by atoms with Crippen LogP contribution in [-0.2, 0) is 13.1 Å². The lowest BCUT2D eigenvalue weighted by molar-refractivity contribution is 0.293. The molecule has 2 rings (SSSR count). The summed E-state index contributed by atoms with van der Waals surface area (Å²) in [6, 6.07) is 5.45. The fourth-order valence-corrected chi connectivity index (χ4v) is 2.85. The van der Waals surface area contributed by atoms with Crippen LogP contribution in [0.1, 0.15) is 31.4 Å². The van der Waals surface area contributed by atoms with Crippen LogP contribution in [0.25, 0.3) is 0 Å². The summed E-state index contributed by atoms with van der Waals surface area (Å²) in [5, 5.41) is 3.11. The molecule has 1 fully saturated rings. The van der Waals surface area contributed by atoms with E-state index in [9.17, 15) is 4.39 Å². The van der Waals surface area contributed by atoms with Crippen LogP contribution in [-0.4, -0.2) is 25.0 Å². The van der Waals surface area contributed by atoms with E-state index in [1.807, 2.05) is 19.2 Å². The third-order valence-corrected chi connectivity index (χ3v) is 4.14. The monoisotopic (exact) mass is 264 g/mol. The van der Waals surface area contributed by atoms with Crippen molar-refractivity contribution in [2.45, 2.75) is 33.4 Å². The zero-order valence-electron chi connectivity index (χ0n) is 12.2. The highest BCUT2D eigenvalue weighted by Crippen LogP contribution is 2.25. The minimum Gasteiger partial charge on any atom is -0.316 e. The molecule has 1 saturated heterocycles. The van der Waals surface area contributed by atoms with Crippen molar-refractivity contribution in [2.75, 3.05) is 20.1 Å². The van der Waals surface area contributed by atoms with Crippen LogP contribution in [0.4, 0.5) is 4.39 Å². The van der Waals surface area contributed by atoms with E-state index >= 15 is 0 Å². The number of likely N-dealkylation sites (tertiary alicyclic amines) is 1. The highest BCUT2D eigenvalue weighted by atomic mass is 19.1. The number of nitrogens with one attached hydrogen (secondary N) is 1. The van der Waals surface area contributed by atoms with Gasteiger partial charge in [0.25, 0.3) is 0 Å². The normalized spacial score (nSPS) is 20.4. The third-order valence-electron chi connectivity index (χ3n) is 4.14. The van der Waals surface area contributed by atoms with Crippen molar-refractivity contribution in [1.29, 1.82) is 0 Å². The molecule has 0 amide bonds. The summed E-state index contributed by atoms with van der Waals surface area (Å²) in [5.41, 5.74) is 1.98. The van der Waals surface area contributed by atoms with E-state index in [-0.39, 0.29) is 5.82 Å². The van der Waals surface area contributed by atoms with E-state index < -0.39 is 0 Å². The molecule has 1 aliphatic rings. The molecule has 0 spiro atoms. The van der Waals surface area contributed by atoms with Gasteiger partial charge in [-0.25, -0.2) is 4.39 Å². The third kappa shape index (κ3) is 3.77. The molecule has 1 unspecified atom stereocenters. The Morgan fingerprint density at radius 3 is 2.84 bits per heavy atom. The predicted molar refractivity (Wildman–Crippen MR) is 77.4 cm³/mol. The van der Waals surface area contributed by atoms with E-state index in [4.69, 9.17) is 0 Å². The molecular weight excluding hydrogens is 239 g/mol. The Labute approximate surface area is 116 Å². The van der Waals surface area contributed by atoms with E-state index in [0.717, 1.165) is 49.1 Å². The van der Waals surface area contributed by atoms with Crippen LogP contribution in [0.5, 0.6) is 0 Å². The standard InChI is InChI=1S/C16H25FN2/c1-12(2)14-6-7-19(10-14)11-15-8-13(9-18-3)4-5-16(15)17/h4-5,8,12,14,18H,6-7,9-11H2,1-3H3. The molecular formula is C16H25FN2. The zero-order chi connectivity index (χ0) is 13.8. The molecule has 0 bridgehead atoms. The van der Waals surface area contributed by atoms with E-state index in [2.05, 4.69) is 24.1 Å². The average molecular weight is 264 g/mol. The van der Waals surface area contributed by atoms with Gasteiger partial charge in [-0.3, -0.25) is 4.90 Å². The molecule has 0 radical (unpaired) electrons. The Morgan fingerprint density at radius 1 is 1.42 bits per heavy atom. The largest absolute Gasteiger partial charge is 0.316 e. The van der Waals surface area contributed by atoms with Crippen LogP contribution in [0.15, 0.2) is 18.2 Å². The molecule has 1 N–H and O–H groups in total. The Balaban J connectivity index is 2.01. The van der Waals surface area contributed by atoms with Crippen molar-refractivity contribution in [3.05, 3.63) is 35.1 Å². The summed E-state index contributed by atoms with van der Waals surface area (Å²) in [6.07, 6.45) is 1.25. The first kappa shape index (κ1) is 14.5. The summed E-state index contributed by atoms with van der Waals surface area (Å²) in [7, 11) is 1.91. The van der Waals surface area contributed by atoms with E-state index in [1.54, 1.807) is 6.07 Å². The SMILES string of the molecule is CNCc1ccc(F)c(CN2CCC(C(C)C)C2)c1. The van der Waals surface area contributed by atoms with E-state index in [1.165, 1.54) is 6.42 Å². The minimum atomic E-state index is -0.0761. The Morgan fingerprint density at radius 2 is 2.21 bits per heavy atom. The quantitative estimate of drug-likeness (QED) is 0.879. The molecule has 3 heteroatoms. The molecule has 0 saturated carbocycles. The van der Waals surface area contributed by atoms with Crippen molar-refractivity contribution in [2.24, 2.45) is 11.8 Å². The van der Waals surface area contributed by atoms with Gasteiger partial charge in [-0.1, -0.05) is 26.0 Å². The number of nitrogens with zero attached hydrogens (tertiary/aromatic N) is 1. The second kappa shape index (κ2) is 6.49. The summed E-state index contributed by atoms with van der Waals surface area (Å²) < 4.78 is 13.9. The van der Waals surface area contributed by atoms with Crippen molar-refractivity contribution in [3.63, 3.8) is 0 Å². The highest BCUT2D eigenvalue weighted by molar-refractivity contribution is 5.25. The molecule has 1 atom stereocenters. The molecule has 1 heterocycles. The molecule has 1 aliphatic heterocycles. The smallest absolute Gasteiger partial charge is 0.127 e. The zero-order valence-corrected chi connectivity index (χ0v) is 12.2. The summed E-state index contributed by atoms with van der Waals surface area (Å²) in [6.45, 7) is 8.30. The Hall–Kier alpha value is -0.930. The molecule has 19 heavy (non-hydrogen) atoms. The van der Waals surface area contributed by atoms with Gasteiger partial charge >= 0.3 is 0 Å². The van der Waals surface area contributed by atoms with Crippen molar-refractivity contribution >= 4 is 0 Å². The van der Waals surface area contributed by atoms with Crippen LogP contribution in [0.3, 0.4) is 0 Å². The molecule has 1 aromatic carbocycles. The number of benzene rings is 1. The molecule has 1 aromatic rings. The maximum Gasteiger partial charge on any atom is 0.127 e. The topological polar surface area (TPSA) is 15.3 Å². The maximum atomic E-state index is 13.9. The number of hydrogen-bond donors (Lipinski definition) is 1. The van der Waals surface area contributed by atoms with Gasteiger partial charge in [0.1, 0.15) is 5.82 Å². The lowest BCUT2D eigenvalue weighted by Crippen LogP contribution is -2.22. The van der Waals surface area contributed by atoms with Gasteiger partial charge in [0.05, 0.1) is 0 Å². The summed E-state index contributed by atoms with van der Waals surface area (Å²) >= 11 is 0. The highest BCUT2D eigenvalue weighted by Gasteiger charge is 2.25. The molecule has 0 aromatic heterocycles. The molecule has 2 nitrogen and oxygen atoms in total. The number of halogens is 1. The van der Waals surface area contributed by atoms with Crippen molar-refractivity contribution in [1.82, 2.24) is 10.2 Å². The summed E-state index contributed by atoms with van der Waals surface area (Å²) in [4.78, 5) is 2.38. The first-order valence-electron chi connectivity index (χ1n) is 7.24. The lowest BCUT2D eigenvalue weighted by atomic mass is 9.95. The second-order valence-corrected chi connectivity index (χ2v) is 5.98. The first-order chi connectivity index (χ1) is 9.10. The number of hydrogen-bond acceptors (Lipinski definition) is 2. The predicted octanol–water partition coefficient (Wildman–Crippen LogP) is 3.02. The van der Waals surface area contributed by atoms with Crippen LogP contribution in [0, 0.1) is 17.7 Å². The summed E-state index contributed by atoms with van der Waals surface area (Å²) in [5.74, 6) is 1.42. The van der Waals surface area contributed by atoms with Crippen LogP contribution < -0.4 is 5.32 Å². The fourth-order valence-electron chi connectivity index (χ4n) is 2.85. The first-order valence-corrected chi connectivity index (χ1v) is 7.24. The van der Waals surface area contributed by atoms with Gasteiger partial charge in [0, 0.05) is 25.2 Å². The second-order valence-electron chi connectivity index (χ2n) is 5.98. The maximum absolute atomic E-state index is 13.9. The van der Waals surface area contributed by atoms with Crippen LogP contribution >= 0.6 is 0 Å². The molecule has 0 aliphatic carbocycles. The van der Waals surface area contributed by atoms with Gasteiger partial charge in [-0.05, 0) is 43.5 Å². The van der Waals surface area contributed by atoms with Gasteiger partial charge in [0.2, 0.25) is 0 Å². The van der Waals surface area contributed by atoms with Crippen molar-refractivity contribution in [3.8, 4) is 0 Å². The van der Waals surface area contributed by atoms with Gasteiger partial charge in [-0.2, -0.15) is 0 Å². The van der Waals surface area contributed by atoms with Gasteiger partial charge in [-0.15, -0.1) is 0 Å². The van der Waals surface area contributed by atoms with E-state index in [0.29, 0.717) is 0 Å². The van der Waals surface area contributed by atoms with Crippen molar-refractivity contribution < 1.29 is 4.39 Å². The minimum absolute atomic E-state index is 0.0761. The van der Waals surface area contributed by atoms with Gasteiger partial charge < -0.3 is 5.32 Å². The average Bonchev–Trinajstić information content (AvgIpc) is 2.82. The van der Waals surface area contributed by atoms with Gasteiger partial charge in [0.15, 0.2) is 0 Å². The Bertz CT molecular complexity index is 417. The fraction of sp³-hybridized carbons (Fsp3) is 0.625. The lowest BCUT2D eigenvalue weighted by Gasteiger charge is -2.18.